The van der Waals surface area contributed by atoms with Crippen LogP contribution in [0.5, 0.6) is 0 Å². The van der Waals surface area contributed by atoms with Crippen LogP contribution in [0.2, 0.25) is 0 Å². The lowest BCUT2D eigenvalue weighted by molar-refractivity contribution is 0.402. The van der Waals surface area contributed by atoms with E-state index in [4.69, 9.17) is 0 Å². The first-order valence-corrected chi connectivity index (χ1v) is 5.63. The molecule has 0 aliphatic carbocycles. The summed E-state index contributed by atoms with van der Waals surface area (Å²) in [7, 11) is -0.582. The fourth-order valence-electron chi connectivity index (χ4n) is 1.13. The number of aromatic nitrogens is 2. The maximum atomic E-state index is 12.6. The molecule has 0 aliphatic heterocycles. The van der Waals surface area contributed by atoms with E-state index in [1.807, 2.05) is 0 Å². The molecule has 0 amide bonds. The van der Waals surface area contributed by atoms with Crippen LogP contribution in [0.1, 0.15) is 0 Å². The first kappa shape index (κ1) is 11.9. The van der Waals surface area contributed by atoms with E-state index in [2.05, 4.69) is 11.7 Å². The maximum absolute atomic E-state index is 12.6. The third-order valence-electron chi connectivity index (χ3n) is 1.81. The molecule has 0 spiro atoms. The van der Waals surface area contributed by atoms with Gasteiger partial charge in [0.15, 0.2) is 11.2 Å². The molecule has 0 saturated carbocycles. The van der Waals surface area contributed by atoms with Gasteiger partial charge in [-0.1, -0.05) is 6.08 Å². The van der Waals surface area contributed by atoms with Crippen LogP contribution in [0.3, 0.4) is 0 Å². The fraction of sp³-hybridized carbons (Fsp3) is 0.375. The SMILES string of the molecule is C=CC(N(C)C)S(=O)(=O)n1cc(F)cn1. The topological polar surface area (TPSA) is 55.2 Å². The van der Waals surface area contributed by atoms with Crippen LogP contribution >= 0.6 is 0 Å². The van der Waals surface area contributed by atoms with Gasteiger partial charge in [-0.2, -0.15) is 9.19 Å². The zero-order valence-corrected chi connectivity index (χ0v) is 9.28. The van der Waals surface area contributed by atoms with Crippen molar-refractivity contribution in [1.29, 1.82) is 0 Å². The van der Waals surface area contributed by atoms with Gasteiger partial charge in [0.2, 0.25) is 0 Å². The zero-order chi connectivity index (χ0) is 11.6. The third kappa shape index (κ3) is 2.24. The minimum Gasteiger partial charge on any atom is -0.289 e. The summed E-state index contributed by atoms with van der Waals surface area (Å²) in [5, 5.41) is 2.48. The van der Waals surface area contributed by atoms with Crippen molar-refractivity contribution < 1.29 is 12.8 Å². The van der Waals surface area contributed by atoms with Gasteiger partial charge >= 0.3 is 0 Å². The summed E-state index contributed by atoms with van der Waals surface area (Å²) in [6.07, 6.45) is 2.91. The smallest absolute Gasteiger partial charge is 0.273 e. The Bertz CT molecular complexity index is 452. The summed E-state index contributed by atoms with van der Waals surface area (Å²) in [5.41, 5.74) is 0. The van der Waals surface area contributed by atoms with E-state index < -0.39 is 21.2 Å². The number of halogens is 1. The summed E-state index contributed by atoms with van der Waals surface area (Å²) in [6.45, 7) is 3.43. The molecule has 0 radical (unpaired) electrons. The van der Waals surface area contributed by atoms with Gasteiger partial charge in [0.05, 0.1) is 12.4 Å². The first-order chi connectivity index (χ1) is 6.89. The molecule has 0 N–H and O–H groups in total. The minimum atomic E-state index is -3.76. The van der Waals surface area contributed by atoms with Gasteiger partial charge in [-0.25, -0.2) is 12.8 Å². The van der Waals surface area contributed by atoms with E-state index in [1.54, 1.807) is 14.1 Å². The van der Waals surface area contributed by atoms with Crippen molar-refractivity contribution in [2.45, 2.75) is 5.37 Å². The van der Waals surface area contributed by atoms with Gasteiger partial charge < -0.3 is 0 Å². The summed E-state index contributed by atoms with van der Waals surface area (Å²) in [6, 6.07) is 0. The molecule has 1 unspecified atom stereocenters. The predicted octanol–water partition coefficient (Wildman–Crippen LogP) is 0.274. The van der Waals surface area contributed by atoms with Crippen molar-refractivity contribution in [3.05, 3.63) is 30.9 Å². The average Bonchev–Trinajstić information content (AvgIpc) is 2.52. The Morgan fingerprint density at radius 2 is 2.27 bits per heavy atom. The molecule has 7 heteroatoms. The van der Waals surface area contributed by atoms with Crippen LogP contribution in [-0.2, 0) is 10.0 Å². The van der Waals surface area contributed by atoms with Crippen molar-refractivity contribution >= 4 is 10.0 Å². The van der Waals surface area contributed by atoms with Gasteiger partial charge in [-0.05, 0) is 14.1 Å². The molecule has 1 aromatic heterocycles. The van der Waals surface area contributed by atoms with Crippen molar-refractivity contribution in [3.63, 3.8) is 0 Å². The molecule has 15 heavy (non-hydrogen) atoms. The highest BCUT2D eigenvalue weighted by molar-refractivity contribution is 7.90. The fourth-order valence-corrected chi connectivity index (χ4v) is 2.56. The van der Waals surface area contributed by atoms with Gasteiger partial charge in [0.25, 0.3) is 10.0 Å². The maximum Gasteiger partial charge on any atom is 0.273 e. The van der Waals surface area contributed by atoms with Gasteiger partial charge in [-0.3, -0.25) is 4.90 Å². The van der Waals surface area contributed by atoms with Crippen LogP contribution in [0.25, 0.3) is 0 Å². The molecule has 0 bridgehead atoms. The number of likely N-dealkylation sites (N-methyl/N-ethyl adjacent to an activating group) is 1. The molecule has 0 saturated heterocycles. The number of rotatable bonds is 4. The molecule has 5 nitrogen and oxygen atoms in total. The average molecular weight is 233 g/mol. The van der Waals surface area contributed by atoms with Crippen molar-refractivity contribution in [2.24, 2.45) is 0 Å². The zero-order valence-electron chi connectivity index (χ0n) is 8.46. The summed E-state index contributed by atoms with van der Waals surface area (Å²) in [5.74, 6) is -0.694. The second-order valence-electron chi connectivity index (χ2n) is 3.17. The van der Waals surface area contributed by atoms with Gasteiger partial charge in [0.1, 0.15) is 0 Å². The highest BCUT2D eigenvalue weighted by Gasteiger charge is 2.27. The van der Waals surface area contributed by atoms with Gasteiger partial charge in [0, 0.05) is 0 Å². The second-order valence-corrected chi connectivity index (χ2v) is 5.05. The largest absolute Gasteiger partial charge is 0.289 e. The predicted molar refractivity (Wildman–Crippen MR) is 54.2 cm³/mol. The lowest BCUT2D eigenvalue weighted by atomic mass is 10.6. The molecule has 0 fully saturated rings. The highest BCUT2D eigenvalue weighted by Crippen LogP contribution is 2.09. The molecule has 1 heterocycles. The van der Waals surface area contributed by atoms with Crippen LogP contribution in [0.4, 0.5) is 4.39 Å². The third-order valence-corrected chi connectivity index (χ3v) is 3.75. The van der Waals surface area contributed by atoms with E-state index in [9.17, 15) is 12.8 Å². The van der Waals surface area contributed by atoms with Crippen LogP contribution in [-0.4, -0.2) is 42.0 Å². The van der Waals surface area contributed by atoms with Crippen molar-refractivity contribution in [2.75, 3.05) is 14.1 Å². The summed E-state index contributed by atoms with van der Waals surface area (Å²) < 4.78 is 36.9. The monoisotopic (exact) mass is 233 g/mol. The molecule has 84 valence electrons. The van der Waals surface area contributed by atoms with Crippen LogP contribution in [0, 0.1) is 5.82 Å². The molecule has 0 aromatic carbocycles. The normalized spacial score (nSPS) is 14.1. The molecule has 1 atom stereocenters. The minimum absolute atomic E-state index is 0.606. The van der Waals surface area contributed by atoms with E-state index in [0.717, 1.165) is 12.4 Å². The number of hydrogen-bond acceptors (Lipinski definition) is 4. The second kappa shape index (κ2) is 4.11. The Balaban J connectivity index is 3.17. The Morgan fingerprint density at radius 1 is 1.67 bits per heavy atom. The Morgan fingerprint density at radius 3 is 2.60 bits per heavy atom. The summed E-state index contributed by atoms with van der Waals surface area (Å²) in [4.78, 5) is 1.45. The van der Waals surface area contributed by atoms with Crippen LogP contribution < -0.4 is 0 Å². The standard InChI is InChI=1S/C8H12FN3O2S/c1-4-8(11(2)3)15(13,14)12-6-7(9)5-10-12/h4-6,8H,1H2,2-3H3. The van der Waals surface area contributed by atoms with Crippen molar-refractivity contribution in [1.82, 2.24) is 14.1 Å². The van der Waals surface area contributed by atoms with E-state index in [0.29, 0.717) is 4.09 Å². The summed E-state index contributed by atoms with van der Waals surface area (Å²) >= 11 is 0. The van der Waals surface area contributed by atoms with Crippen LogP contribution in [0.15, 0.2) is 25.0 Å². The molecule has 1 rings (SSSR count). The van der Waals surface area contributed by atoms with E-state index in [1.165, 1.54) is 11.0 Å². The van der Waals surface area contributed by atoms with Gasteiger partial charge in [-0.15, -0.1) is 6.58 Å². The first-order valence-electron chi connectivity index (χ1n) is 4.13. The van der Waals surface area contributed by atoms with E-state index in [-0.39, 0.29) is 0 Å². The molecule has 0 aliphatic rings. The molecular formula is C8H12FN3O2S. The lowest BCUT2D eigenvalue weighted by Gasteiger charge is -2.20. The lowest BCUT2D eigenvalue weighted by Crippen LogP contribution is -2.37. The quantitative estimate of drug-likeness (QED) is 0.701. The Kier molecular flexibility index (Phi) is 3.25. The number of nitrogens with zero attached hydrogens (tertiary/aromatic N) is 3. The Labute approximate surface area is 87.9 Å². The molecular weight excluding hydrogens is 221 g/mol. The van der Waals surface area contributed by atoms with Crippen molar-refractivity contribution in [3.8, 4) is 0 Å². The Hall–Kier alpha value is -1.21. The van der Waals surface area contributed by atoms with E-state index >= 15 is 0 Å². The number of hydrogen-bond donors (Lipinski definition) is 0. The molecule has 1 aromatic rings. The highest BCUT2D eigenvalue weighted by atomic mass is 32.2.